The molecule has 210 valence electrons. The van der Waals surface area contributed by atoms with Crippen molar-refractivity contribution in [2.45, 2.75) is 52.6 Å². The number of aliphatic hydroxyl groups is 1. The number of nitrogens with zero attached hydrogens (tertiary/aromatic N) is 6. The largest absolute Gasteiger partial charge is 0.511 e. The molecule has 4 heterocycles. The maximum Gasteiger partial charge on any atom is 0.410 e. The van der Waals surface area contributed by atoms with E-state index in [2.05, 4.69) is 20.3 Å². The molecular weight excluding hydrogens is 522 g/mol. The molecule has 1 saturated heterocycles. The Hall–Kier alpha value is -3.60. The SMILES string of the molecule is CN(CCC1(C)CCN(c2cncc(Nc3ncc(Cl)c(N4CCC=C(O)C4)n3)c2)C1=O)C(=O)OC(C)(C)C. The van der Waals surface area contributed by atoms with Crippen LogP contribution in [0, 0.1) is 5.41 Å². The van der Waals surface area contributed by atoms with Gasteiger partial charge in [-0.15, -0.1) is 0 Å². The third-order valence-corrected chi connectivity index (χ3v) is 7.07. The number of aromatic nitrogens is 3. The van der Waals surface area contributed by atoms with Crippen molar-refractivity contribution in [3.05, 3.63) is 41.5 Å². The van der Waals surface area contributed by atoms with E-state index >= 15 is 0 Å². The van der Waals surface area contributed by atoms with Gasteiger partial charge in [-0.05, 0) is 52.2 Å². The highest BCUT2D eigenvalue weighted by atomic mass is 35.5. The van der Waals surface area contributed by atoms with Crippen molar-refractivity contribution in [3.8, 4) is 0 Å². The number of carbonyl (C=O) groups is 2. The molecular formula is C27H36ClN7O4. The van der Waals surface area contributed by atoms with Crippen LogP contribution in [0.15, 0.2) is 36.5 Å². The first-order chi connectivity index (χ1) is 18.3. The number of rotatable bonds is 7. The summed E-state index contributed by atoms with van der Waals surface area (Å²) in [5.41, 5.74) is 0.0959. The Morgan fingerprint density at radius 1 is 1.28 bits per heavy atom. The summed E-state index contributed by atoms with van der Waals surface area (Å²) >= 11 is 6.34. The molecule has 12 heteroatoms. The number of halogens is 1. The Morgan fingerprint density at radius 3 is 2.77 bits per heavy atom. The van der Waals surface area contributed by atoms with E-state index in [1.807, 2.05) is 38.7 Å². The molecule has 2 N–H and O–H groups in total. The number of carbonyl (C=O) groups excluding carboxylic acids is 2. The van der Waals surface area contributed by atoms with Crippen LogP contribution in [0.4, 0.5) is 27.9 Å². The van der Waals surface area contributed by atoms with Crippen molar-refractivity contribution in [2.75, 3.05) is 48.3 Å². The van der Waals surface area contributed by atoms with Crippen molar-refractivity contribution in [2.24, 2.45) is 5.41 Å². The lowest BCUT2D eigenvalue weighted by atomic mass is 9.85. The van der Waals surface area contributed by atoms with Gasteiger partial charge in [0.2, 0.25) is 11.9 Å². The minimum atomic E-state index is -0.609. The molecule has 11 nitrogen and oxygen atoms in total. The Bertz CT molecular complexity index is 1260. The highest BCUT2D eigenvalue weighted by Crippen LogP contribution is 2.38. The van der Waals surface area contributed by atoms with Gasteiger partial charge >= 0.3 is 6.09 Å². The van der Waals surface area contributed by atoms with Crippen molar-refractivity contribution in [1.82, 2.24) is 19.9 Å². The zero-order valence-electron chi connectivity index (χ0n) is 23.1. The van der Waals surface area contributed by atoms with E-state index in [1.165, 1.54) is 11.1 Å². The predicted molar refractivity (Wildman–Crippen MR) is 151 cm³/mol. The molecule has 0 aromatic carbocycles. The smallest absolute Gasteiger partial charge is 0.410 e. The van der Waals surface area contributed by atoms with Crippen LogP contribution in [-0.4, -0.2) is 75.8 Å². The molecule has 39 heavy (non-hydrogen) atoms. The number of anilines is 4. The van der Waals surface area contributed by atoms with E-state index in [0.29, 0.717) is 73.6 Å². The number of nitrogens with one attached hydrogen (secondary N) is 1. The lowest BCUT2D eigenvalue weighted by Crippen LogP contribution is -2.38. The summed E-state index contributed by atoms with van der Waals surface area (Å²) in [6.45, 7) is 9.37. The highest BCUT2D eigenvalue weighted by molar-refractivity contribution is 6.32. The fourth-order valence-corrected chi connectivity index (χ4v) is 4.75. The summed E-state index contributed by atoms with van der Waals surface area (Å²) < 4.78 is 5.42. The van der Waals surface area contributed by atoms with Crippen LogP contribution >= 0.6 is 11.6 Å². The van der Waals surface area contributed by atoms with Gasteiger partial charge in [-0.2, -0.15) is 4.98 Å². The summed E-state index contributed by atoms with van der Waals surface area (Å²) in [6, 6.07) is 1.83. The number of amides is 2. The van der Waals surface area contributed by atoms with Crippen LogP contribution in [0.1, 0.15) is 47.0 Å². The van der Waals surface area contributed by atoms with Crippen molar-refractivity contribution < 1.29 is 19.4 Å². The third kappa shape index (κ3) is 6.89. The molecule has 2 aromatic rings. The Balaban J connectivity index is 1.42. The summed E-state index contributed by atoms with van der Waals surface area (Å²) in [5, 5.41) is 13.4. The Kier molecular flexibility index (Phi) is 8.20. The number of hydrogen-bond acceptors (Lipinski definition) is 9. The zero-order chi connectivity index (χ0) is 28.4. The number of ether oxygens (including phenoxy) is 1. The first kappa shape index (κ1) is 28.4. The van der Waals surface area contributed by atoms with Gasteiger partial charge in [0.1, 0.15) is 16.4 Å². The van der Waals surface area contributed by atoms with Gasteiger partial charge in [-0.1, -0.05) is 18.5 Å². The van der Waals surface area contributed by atoms with Gasteiger partial charge in [0.25, 0.3) is 0 Å². The van der Waals surface area contributed by atoms with Crippen LogP contribution in [0.2, 0.25) is 5.02 Å². The molecule has 0 saturated carbocycles. The summed E-state index contributed by atoms with van der Waals surface area (Å²) in [7, 11) is 1.68. The lowest BCUT2D eigenvalue weighted by molar-refractivity contribution is -0.125. The average Bonchev–Trinajstić information content (AvgIpc) is 3.17. The van der Waals surface area contributed by atoms with E-state index in [1.54, 1.807) is 30.4 Å². The normalized spacial score (nSPS) is 19.6. The molecule has 0 aliphatic carbocycles. The molecule has 2 aromatic heterocycles. The van der Waals surface area contributed by atoms with Gasteiger partial charge in [-0.3, -0.25) is 9.78 Å². The number of hydrogen-bond donors (Lipinski definition) is 2. The van der Waals surface area contributed by atoms with Crippen molar-refractivity contribution >= 4 is 46.7 Å². The van der Waals surface area contributed by atoms with E-state index in [9.17, 15) is 14.7 Å². The van der Waals surface area contributed by atoms with E-state index in [4.69, 9.17) is 16.3 Å². The summed E-state index contributed by atoms with van der Waals surface area (Å²) in [6.07, 6.45) is 8.05. The van der Waals surface area contributed by atoms with E-state index in [0.717, 1.165) is 0 Å². The van der Waals surface area contributed by atoms with Gasteiger partial charge in [0.15, 0.2) is 5.82 Å². The molecule has 1 unspecified atom stereocenters. The third-order valence-electron chi connectivity index (χ3n) is 6.80. The van der Waals surface area contributed by atoms with Crippen molar-refractivity contribution in [1.29, 1.82) is 0 Å². The fourth-order valence-electron chi connectivity index (χ4n) is 4.54. The minimum Gasteiger partial charge on any atom is -0.511 e. The maximum atomic E-state index is 13.5. The molecule has 2 aliphatic rings. The molecule has 2 aliphatic heterocycles. The Labute approximate surface area is 233 Å². The predicted octanol–water partition coefficient (Wildman–Crippen LogP) is 4.92. The first-order valence-corrected chi connectivity index (χ1v) is 13.4. The Morgan fingerprint density at radius 2 is 2.05 bits per heavy atom. The van der Waals surface area contributed by atoms with Crippen LogP contribution < -0.4 is 15.1 Å². The molecule has 0 radical (unpaired) electrons. The lowest BCUT2D eigenvalue weighted by Gasteiger charge is -2.28. The fraction of sp³-hybridized carbons (Fsp3) is 0.519. The summed E-state index contributed by atoms with van der Waals surface area (Å²) in [5.74, 6) is 1.12. The van der Waals surface area contributed by atoms with Gasteiger partial charge < -0.3 is 29.9 Å². The van der Waals surface area contributed by atoms with Crippen LogP contribution in [0.5, 0.6) is 0 Å². The quantitative estimate of drug-likeness (QED) is 0.488. The number of pyridine rings is 1. The topological polar surface area (TPSA) is 124 Å². The summed E-state index contributed by atoms with van der Waals surface area (Å²) in [4.78, 5) is 44.1. The van der Waals surface area contributed by atoms with Gasteiger partial charge in [0, 0.05) is 26.7 Å². The molecule has 4 rings (SSSR count). The van der Waals surface area contributed by atoms with Gasteiger partial charge in [-0.25, -0.2) is 9.78 Å². The first-order valence-electron chi connectivity index (χ1n) is 13.0. The zero-order valence-corrected chi connectivity index (χ0v) is 23.8. The van der Waals surface area contributed by atoms with Crippen LogP contribution in [0.25, 0.3) is 0 Å². The molecule has 2 amide bonds. The molecule has 1 fully saturated rings. The minimum absolute atomic E-state index is 0.0120. The highest BCUT2D eigenvalue weighted by Gasteiger charge is 2.43. The second kappa shape index (κ2) is 11.3. The molecule has 0 bridgehead atoms. The molecule has 1 atom stereocenters. The van der Waals surface area contributed by atoms with Crippen LogP contribution in [-0.2, 0) is 9.53 Å². The average molecular weight is 558 g/mol. The second-order valence-corrected chi connectivity index (χ2v) is 11.7. The monoisotopic (exact) mass is 557 g/mol. The van der Waals surface area contributed by atoms with E-state index in [-0.39, 0.29) is 11.7 Å². The second-order valence-electron chi connectivity index (χ2n) is 11.2. The van der Waals surface area contributed by atoms with Crippen molar-refractivity contribution in [3.63, 3.8) is 0 Å². The van der Waals surface area contributed by atoms with E-state index < -0.39 is 17.1 Å². The standard InChI is InChI=1S/C27H36ClN7O4/c1-26(2,3)39-25(38)33(5)11-8-27(4)9-12-35(23(27)37)19-13-18(14-29-15-19)31-24-30-16-21(28)22(32-24)34-10-6-7-20(36)17-34/h7,13-16,36H,6,8-12,17H2,1-5H3,(H,30,31,32). The molecule has 0 spiro atoms. The number of aliphatic hydroxyl groups excluding tert-OH is 1. The maximum absolute atomic E-state index is 13.5. The van der Waals surface area contributed by atoms with Gasteiger partial charge in [0.05, 0.1) is 41.9 Å². The van der Waals surface area contributed by atoms with Crippen LogP contribution in [0.3, 0.4) is 0 Å².